The van der Waals surface area contributed by atoms with E-state index in [9.17, 15) is 5.11 Å². The van der Waals surface area contributed by atoms with Gasteiger partial charge in [-0.3, -0.25) is 0 Å². The molecule has 0 unspecified atom stereocenters. The van der Waals surface area contributed by atoms with Gasteiger partial charge < -0.3 is 5.11 Å². The molecule has 0 saturated heterocycles. The maximum Gasteiger partial charge on any atom is 0.123 e. The smallest absolute Gasteiger partial charge is 0.123 e. The lowest BCUT2D eigenvalue weighted by molar-refractivity contribution is 0.422. The molecule has 0 aliphatic carbocycles. The monoisotopic (exact) mass is 262 g/mol. The highest BCUT2D eigenvalue weighted by atomic mass is 16.3. The Bertz CT molecular complexity index is 407. The minimum Gasteiger partial charge on any atom is -0.507 e. The molecule has 0 saturated carbocycles. The Morgan fingerprint density at radius 3 is 1.53 bits per heavy atom. The van der Waals surface area contributed by atoms with Gasteiger partial charge in [0.1, 0.15) is 5.75 Å². The maximum atomic E-state index is 10.6. The molecule has 1 N–H and O–H groups in total. The van der Waals surface area contributed by atoms with E-state index < -0.39 is 0 Å². The highest BCUT2D eigenvalue weighted by Gasteiger charge is 2.26. The van der Waals surface area contributed by atoms with Crippen LogP contribution in [0.1, 0.15) is 72.1 Å². The van der Waals surface area contributed by atoms with E-state index in [1.54, 1.807) is 0 Å². The van der Waals surface area contributed by atoms with Gasteiger partial charge >= 0.3 is 0 Å². The first-order chi connectivity index (χ1) is 8.43. The normalized spacial score (nSPS) is 13.1. The number of rotatable bonds is 2. The van der Waals surface area contributed by atoms with Crippen LogP contribution in [0.2, 0.25) is 0 Å². The third-order valence-corrected chi connectivity index (χ3v) is 3.43. The Kier molecular flexibility index (Phi) is 4.39. The van der Waals surface area contributed by atoms with Crippen molar-refractivity contribution in [3.63, 3.8) is 0 Å². The SMILES string of the molecule is CC(C)Cc1cc(C(C)(C)C)c(O)c(C(C)(C)C)c1. The lowest BCUT2D eigenvalue weighted by atomic mass is 9.77. The molecule has 0 amide bonds. The molecule has 1 aromatic rings. The number of phenols is 1. The number of benzene rings is 1. The molecule has 0 fully saturated rings. The van der Waals surface area contributed by atoms with Crippen LogP contribution in [0.4, 0.5) is 0 Å². The second kappa shape index (κ2) is 5.19. The third-order valence-electron chi connectivity index (χ3n) is 3.43. The molecular weight excluding hydrogens is 232 g/mol. The van der Waals surface area contributed by atoms with Crippen molar-refractivity contribution in [1.29, 1.82) is 0 Å². The average molecular weight is 262 g/mol. The zero-order valence-electron chi connectivity index (χ0n) is 13.9. The summed E-state index contributed by atoms with van der Waals surface area (Å²) < 4.78 is 0. The Balaban J connectivity index is 3.48. The van der Waals surface area contributed by atoms with Crippen molar-refractivity contribution in [3.8, 4) is 5.75 Å². The van der Waals surface area contributed by atoms with Crippen molar-refractivity contribution in [3.05, 3.63) is 28.8 Å². The van der Waals surface area contributed by atoms with Gasteiger partial charge in [0.15, 0.2) is 0 Å². The van der Waals surface area contributed by atoms with Crippen LogP contribution in [0.5, 0.6) is 5.75 Å². The minimum atomic E-state index is -0.0307. The maximum absolute atomic E-state index is 10.6. The lowest BCUT2D eigenvalue weighted by Crippen LogP contribution is -2.18. The van der Waals surface area contributed by atoms with Gasteiger partial charge in [0.05, 0.1) is 0 Å². The molecule has 0 heterocycles. The summed E-state index contributed by atoms with van der Waals surface area (Å²) in [4.78, 5) is 0. The number of phenolic OH excluding ortho intramolecular Hbond substituents is 1. The summed E-state index contributed by atoms with van der Waals surface area (Å²) in [6.45, 7) is 17.4. The predicted octanol–water partition coefficient (Wildman–Crippen LogP) is 5.19. The summed E-state index contributed by atoms with van der Waals surface area (Å²) in [6.07, 6.45) is 1.06. The number of hydrogen-bond donors (Lipinski definition) is 1. The van der Waals surface area contributed by atoms with E-state index in [2.05, 4.69) is 67.5 Å². The van der Waals surface area contributed by atoms with Crippen LogP contribution in [0.25, 0.3) is 0 Å². The molecule has 0 bridgehead atoms. The van der Waals surface area contributed by atoms with E-state index in [0.717, 1.165) is 17.5 Å². The van der Waals surface area contributed by atoms with Crippen molar-refractivity contribution < 1.29 is 5.11 Å². The molecule has 0 aliphatic rings. The number of aromatic hydroxyl groups is 1. The van der Waals surface area contributed by atoms with E-state index >= 15 is 0 Å². The molecule has 1 rings (SSSR count). The quantitative estimate of drug-likeness (QED) is 0.778. The van der Waals surface area contributed by atoms with Crippen LogP contribution in [0.3, 0.4) is 0 Å². The van der Waals surface area contributed by atoms with Gasteiger partial charge in [0.25, 0.3) is 0 Å². The van der Waals surface area contributed by atoms with Crippen LogP contribution < -0.4 is 0 Å². The molecule has 1 aromatic carbocycles. The fraction of sp³-hybridized carbons (Fsp3) is 0.667. The van der Waals surface area contributed by atoms with Gasteiger partial charge in [-0.1, -0.05) is 67.5 Å². The first kappa shape index (κ1) is 16.1. The average Bonchev–Trinajstić information content (AvgIpc) is 2.16. The fourth-order valence-corrected chi connectivity index (χ4v) is 2.43. The Labute approximate surface area is 119 Å². The molecule has 0 radical (unpaired) electrons. The van der Waals surface area contributed by atoms with Crippen LogP contribution >= 0.6 is 0 Å². The molecule has 108 valence electrons. The van der Waals surface area contributed by atoms with Crippen molar-refractivity contribution in [2.45, 2.75) is 72.6 Å². The van der Waals surface area contributed by atoms with Crippen LogP contribution in [0.15, 0.2) is 12.1 Å². The lowest BCUT2D eigenvalue weighted by Gasteiger charge is -2.28. The van der Waals surface area contributed by atoms with E-state index in [1.165, 1.54) is 5.56 Å². The summed E-state index contributed by atoms with van der Waals surface area (Å²) in [7, 11) is 0. The Morgan fingerprint density at radius 2 is 1.26 bits per heavy atom. The van der Waals surface area contributed by atoms with Gasteiger partial charge in [-0.15, -0.1) is 0 Å². The highest BCUT2D eigenvalue weighted by molar-refractivity contribution is 5.49. The van der Waals surface area contributed by atoms with E-state index in [-0.39, 0.29) is 10.8 Å². The van der Waals surface area contributed by atoms with Crippen LogP contribution in [-0.4, -0.2) is 5.11 Å². The van der Waals surface area contributed by atoms with Crippen LogP contribution in [0, 0.1) is 5.92 Å². The molecule has 1 heteroatoms. The largest absolute Gasteiger partial charge is 0.507 e. The van der Waals surface area contributed by atoms with Crippen molar-refractivity contribution >= 4 is 0 Å². The first-order valence-electron chi connectivity index (χ1n) is 7.29. The van der Waals surface area contributed by atoms with Crippen LogP contribution in [-0.2, 0) is 17.3 Å². The van der Waals surface area contributed by atoms with E-state index in [0.29, 0.717) is 11.7 Å². The summed E-state index contributed by atoms with van der Waals surface area (Å²) in [5, 5.41) is 10.6. The summed E-state index contributed by atoms with van der Waals surface area (Å²) in [5.74, 6) is 1.11. The fourth-order valence-electron chi connectivity index (χ4n) is 2.43. The van der Waals surface area contributed by atoms with Crippen molar-refractivity contribution in [2.24, 2.45) is 5.92 Å². The second-order valence-corrected chi connectivity index (χ2v) is 8.14. The van der Waals surface area contributed by atoms with E-state index in [4.69, 9.17) is 0 Å². The highest BCUT2D eigenvalue weighted by Crippen LogP contribution is 2.40. The Hall–Kier alpha value is -0.980. The Morgan fingerprint density at radius 1 is 0.895 bits per heavy atom. The molecular formula is C18H30O. The van der Waals surface area contributed by atoms with Gasteiger partial charge in [-0.25, -0.2) is 0 Å². The molecule has 0 aromatic heterocycles. The van der Waals surface area contributed by atoms with Gasteiger partial charge in [0, 0.05) is 0 Å². The third kappa shape index (κ3) is 3.99. The van der Waals surface area contributed by atoms with Crippen molar-refractivity contribution in [2.75, 3.05) is 0 Å². The summed E-state index contributed by atoms with van der Waals surface area (Å²) >= 11 is 0. The molecule has 1 nitrogen and oxygen atoms in total. The summed E-state index contributed by atoms with van der Waals surface area (Å²) in [6, 6.07) is 4.37. The van der Waals surface area contributed by atoms with Crippen molar-refractivity contribution in [1.82, 2.24) is 0 Å². The second-order valence-electron chi connectivity index (χ2n) is 8.14. The van der Waals surface area contributed by atoms with Gasteiger partial charge in [0.2, 0.25) is 0 Å². The predicted molar refractivity (Wildman–Crippen MR) is 84.0 cm³/mol. The standard InChI is InChI=1S/C18H30O/c1-12(2)9-13-10-14(17(3,4)5)16(19)15(11-13)18(6,7)8/h10-12,19H,9H2,1-8H3. The van der Waals surface area contributed by atoms with Gasteiger partial charge in [-0.05, 0) is 39.9 Å². The zero-order chi connectivity index (χ0) is 15.0. The topological polar surface area (TPSA) is 20.2 Å². The van der Waals surface area contributed by atoms with Gasteiger partial charge in [-0.2, -0.15) is 0 Å². The molecule has 0 spiro atoms. The summed E-state index contributed by atoms with van der Waals surface area (Å²) in [5.41, 5.74) is 3.41. The minimum absolute atomic E-state index is 0.0307. The first-order valence-corrected chi connectivity index (χ1v) is 7.29. The number of hydrogen-bond acceptors (Lipinski definition) is 1. The molecule has 0 atom stereocenters. The van der Waals surface area contributed by atoms with E-state index in [1.807, 2.05) is 0 Å². The molecule has 0 aliphatic heterocycles. The zero-order valence-corrected chi connectivity index (χ0v) is 13.9. The molecule has 19 heavy (non-hydrogen) atoms.